The molecule has 3 rings (SSSR count). The second-order valence-electron chi connectivity index (χ2n) is 6.20. The monoisotopic (exact) mass is 345 g/mol. The molecule has 6 heteroatoms. The summed E-state index contributed by atoms with van der Waals surface area (Å²) in [5.41, 5.74) is 1.01. The Labute approximate surface area is 146 Å². The first-order valence-corrected chi connectivity index (χ1v) is 9.13. The van der Waals surface area contributed by atoms with Crippen LogP contribution in [-0.4, -0.2) is 41.5 Å². The largest absolute Gasteiger partial charge is 0.368 e. The Kier molecular flexibility index (Phi) is 5.60. The lowest BCUT2D eigenvalue weighted by Gasteiger charge is -2.37. The molecule has 2 atom stereocenters. The summed E-state index contributed by atoms with van der Waals surface area (Å²) in [6.45, 7) is 5.96. The van der Waals surface area contributed by atoms with Gasteiger partial charge in [0.15, 0.2) is 0 Å². The third-order valence-corrected chi connectivity index (χ3v) is 4.85. The van der Waals surface area contributed by atoms with Crippen molar-refractivity contribution >= 4 is 17.2 Å². The molecule has 1 aromatic heterocycles. The predicted octanol–water partition coefficient (Wildman–Crippen LogP) is 2.78. The number of nitrogens with zero attached hydrogens (tertiary/aromatic N) is 2. The van der Waals surface area contributed by atoms with E-state index in [-0.39, 0.29) is 24.1 Å². The molecule has 5 nitrogen and oxygen atoms in total. The summed E-state index contributed by atoms with van der Waals surface area (Å²) in [7, 11) is 0. The molecule has 0 bridgehead atoms. The highest BCUT2D eigenvalue weighted by Gasteiger charge is 2.33. The Morgan fingerprint density at radius 3 is 2.83 bits per heavy atom. The fraction of sp³-hybridized carbons (Fsp3) is 0.444. The lowest BCUT2D eigenvalue weighted by atomic mass is 10.0. The van der Waals surface area contributed by atoms with E-state index in [1.54, 1.807) is 17.5 Å². The number of hydrogen-bond donors (Lipinski definition) is 1. The van der Waals surface area contributed by atoms with Gasteiger partial charge in [-0.05, 0) is 19.4 Å². The van der Waals surface area contributed by atoms with E-state index in [1.807, 2.05) is 49.6 Å². The Balaban J connectivity index is 1.83. The summed E-state index contributed by atoms with van der Waals surface area (Å²) in [6, 6.07) is 9.75. The van der Waals surface area contributed by atoms with Gasteiger partial charge in [0.2, 0.25) is 5.91 Å². The van der Waals surface area contributed by atoms with E-state index < -0.39 is 0 Å². The fourth-order valence-corrected chi connectivity index (χ4v) is 3.65. The fourth-order valence-electron chi connectivity index (χ4n) is 2.97. The molecule has 2 heterocycles. The van der Waals surface area contributed by atoms with Gasteiger partial charge in [-0.2, -0.15) is 0 Å². The van der Waals surface area contributed by atoms with Crippen LogP contribution in [0.5, 0.6) is 0 Å². The van der Waals surface area contributed by atoms with Crippen molar-refractivity contribution in [3.8, 4) is 0 Å². The molecule has 1 aliphatic rings. The topological polar surface area (TPSA) is 54.5 Å². The van der Waals surface area contributed by atoms with Crippen molar-refractivity contribution in [1.29, 1.82) is 0 Å². The van der Waals surface area contributed by atoms with Crippen molar-refractivity contribution in [3.05, 3.63) is 52.5 Å². The number of hydrogen-bond acceptors (Lipinski definition) is 5. The first-order chi connectivity index (χ1) is 11.6. The number of thiazole rings is 1. The van der Waals surface area contributed by atoms with E-state index >= 15 is 0 Å². The average molecular weight is 345 g/mol. The SMILES string of the molecule is CC(C)NC(=O)[C@@H](c1ccccc1)N1CCO[C@@H](c2nccs2)C1. The molecule has 0 radical (unpaired) electrons. The molecule has 24 heavy (non-hydrogen) atoms. The molecular formula is C18H23N3O2S. The minimum atomic E-state index is -0.306. The maximum Gasteiger partial charge on any atom is 0.242 e. The van der Waals surface area contributed by atoms with Crippen LogP contribution < -0.4 is 5.32 Å². The molecule has 1 N–H and O–H groups in total. The van der Waals surface area contributed by atoms with Crippen LogP contribution in [0.2, 0.25) is 0 Å². The number of morpholine rings is 1. The van der Waals surface area contributed by atoms with E-state index in [0.717, 1.165) is 17.1 Å². The number of rotatable bonds is 5. The Hall–Kier alpha value is -1.76. The van der Waals surface area contributed by atoms with Crippen LogP contribution in [0.4, 0.5) is 0 Å². The van der Waals surface area contributed by atoms with Crippen LogP contribution in [0.15, 0.2) is 41.9 Å². The van der Waals surface area contributed by atoms with Crippen LogP contribution in [0.25, 0.3) is 0 Å². The van der Waals surface area contributed by atoms with Crippen LogP contribution in [0.1, 0.15) is 36.6 Å². The number of aromatic nitrogens is 1. The van der Waals surface area contributed by atoms with Gasteiger partial charge in [0.25, 0.3) is 0 Å². The molecule has 1 amide bonds. The molecule has 0 spiro atoms. The predicted molar refractivity (Wildman–Crippen MR) is 94.8 cm³/mol. The lowest BCUT2D eigenvalue weighted by Crippen LogP contribution is -2.47. The van der Waals surface area contributed by atoms with Gasteiger partial charge in [0.1, 0.15) is 17.2 Å². The zero-order valence-corrected chi connectivity index (χ0v) is 14.8. The summed E-state index contributed by atoms with van der Waals surface area (Å²) >= 11 is 1.59. The highest BCUT2D eigenvalue weighted by molar-refractivity contribution is 7.09. The van der Waals surface area contributed by atoms with E-state index in [9.17, 15) is 4.79 Å². The minimum absolute atomic E-state index is 0.0380. The Morgan fingerprint density at radius 1 is 1.38 bits per heavy atom. The molecule has 0 aliphatic carbocycles. The third kappa shape index (κ3) is 4.01. The quantitative estimate of drug-likeness (QED) is 0.905. The van der Waals surface area contributed by atoms with Gasteiger partial charge in [-0.25, -0.2) is 4.98 Å². The van der Waals surface area contributed by atoms with E-state index in [1.165, 1.54) is 0 Å². The third-order valence-electron chi connectivity index (χ3n) is 3.98. The number of ether oxygens (including phenoxy) is 1. The molecular weight excluding hydrogens is 322 g/mol. The summed E-state index contributed by atoms with van der Waals surface area (Å²) in [5.74, 6) is 0.0380. The maximum absolute atomic E-state index is 12.8. The molecule has 1 saturated heterocycles. The highest BCUT2D eigenvalue weighted by atomic mass is 32.1. The second-order valence-corrected chi connectivity index (χ2v) is 7.13. The maximum atomic E-state index is 12.8. The Bertz CT molecular complexity index is 646. The van der Waals surface area contributed by atoms with Crippen molar-refractivity contribution < 1.29 is 9.53 Å². The Morgan fingerprint density at radius 2 is 2.17 bits per heavy atom. The van der Waals surface area contributed by atoms with Crippen molar-refractivity contribution in [1.82, 2.24) is 15.2 Å². The van der Waals surface area contributed by atoms with Crippen LogP contribution in [0.3, 0.4) is 0 Å². The van der Waals surface area contributed by atoms with Gasteiger partial charge >= 0.3 is 0 Å². The van der Waals surface area contributed by atoms with Gasteiger partial charge in [-0.15, -0.1) is 11.3 Å². The van der Waals surface area contributed by atoms with Crippen molar-refractivity contribution in [2.75, 3.05) is 19.7 Å². The molecule has 0 unspecified atom stereocenters. The lowest BCUT2D eigenvalue weighted by molar-refractivity contribution is -0.131. The van der Waals surface area contributed by atoms with Crippen molar-refractivity contribution in [3.63, 3.8) is 0 Å². The normalized spacial score (nSPS) is 20.0. The van der Waals surface area contributed by atoms with Crippen LogP contribution >= 0.6 is 11.3 Å². The summed E-state index contributed by atoms with van der Waals surface area (Å²) < 4.78 is 5.87. The number of carbonyl (C=O) groups is 1. The van der Waals surface area contributed by atoms with Crippen molar-refractivity contribution in [2.24, 2.45) is 0 Å². The van der Waals surface area contributed by atoms with Gasteiger partial charge in [-0.1, -0.05) is 30.3 Å². The zero-order chi connectivity index (χ0) is 16.9. The van der Waals surface area contributed by atoms with Crippen molar-refractivity contribution in [2.45, 2.75) is 32.0 Å². The van der Waals surface area contributed by atoms with Crippen LogP contribution in [0, 0.1) is 0 Å². The van der Waals surface area contributed by atoms with Gasteiger partial charge in [0, 0.05) is 30.7 Å². The highest BCUT2D eigenvalue weighted by Crippen LogP contribution is 2.30. The van der Waals surface area contributed by atoms with Gasteiger partial charge < -0.3 is 10.1 Å². The van der Waals surface area contributed by atoms with Gasteiger partial charge in [0.05, 0.1) is 6.61 Å². The summed E-state index contributed by atoms with van der Waals surface area (Å²) in [6.07, 6.45) is 1.72. The van der Waals surface area contributed by atoms with Gasteiger partial charge in [-0.3, -0.25) is 9.69 Å². The molecule has 1 aliphatic heterocycles. The number of carbonyl (C=O) groups excluding carboxylic acids is 1. The summed E-state index contributed by atoms with van der Waals surface area (Å²) in [5, 5.41) is 5.98. The molecule has 1 fully saturated rings. The summed E-state index contributed by atoms with van der Waals surface area (Å²) in [4.78, 5) is 19.4. The standard InChI is InChI=1S/C18H23N3O2S/c1-13(2)20-17(22)16(14-6-4-3-5-7-14)21-9-10-23-15(12-21)18-19-8-11-24-18/h3-8,11,13,15-16H,9-10,12H2,1-2H3,(H,20,22)/t15-,16-/m1/s1. The van der Waals surface area contributed by atoms with E-state index in [0.29, 0.717) is 13.2 Å². The van der Waals surface area contributed by atoms with E-state index in [2.05, 4.69) is 15.2 Å². The number of nitrogens with one attached hydrogen (secondary N) is 1. The molecule has 2 aromatic rings. The molecule has 128 valence electrons. The van der Waals surface area contributed by atoms with Crippen LogP contribution in [-0.2, 0) is 9.53 Å². The van der Waals surface area contributed by atoms with E-state index in [4.69, 9.17) is 4.74 Å². The second kappa shape index (κ2) is 7.88. The zero-order valence-electron chi connectivity index (χ0n) is 14.0. The molecule has 1 aromatic carbocycles. The first kappa shape index (κ1) is 17.1. The first-order valence-electron chi connectivity index (χ1n) is 8.25. The average Bonchev–Trinajstić information content (AvgIpc) is 3.10. The molecule has 0 saturated carbocycles. The number of amides is 1. The number of benzene rings is 1. The minimum Gasteiger partial charge on any atom is -0.368 e. The smallest absolute Gasteiger partial charge is 0.242 e.